The lowest BCUT2D eigenvalue weighted by molar-refractivity contribution is 0.630. The molecule has 0 unspecified atom stereocenters. The largest absolute Gasteiger partial charge is 0.370 e. The summed E-state index contributed by atoms with van der Waals surface area (Å²) >= 11 is 0. The lowest BCUT2D eigenvalue weighted by atomic mass is 10.1. The van der Waals surface area contributed by atoms with E-state index in [1.165, 1.54) is 17.0 Å². The van der Waals surface area contributed by atoms with Crippen molar-refractivity contribution in [2.45, 2.75) is 13.3 Å². The smallest absolute Gasteiger partial charge is 0.132 e. The van der Waals surface area contributed by atoms with E-state index in [9.17, 15) is 4.39 Å². The SMILES string of the molecule is Cc1nc(NCCc2c[nH]c3ccccc23)cc(-c2ccccc2F)n1. The summed E-state index contributed by atoms with van der Waals surface area (Å²) in [4.78, 5) is 12.1. The van der Waals surface area contributed by atoms with Crippen LogP contribution in [0, 0.1) is 12.7 Å². The number of aryl methyl sites for hydroxylation is 1. The normalized spacial score (nSPS) is 11.0. The highest BCUT2D eigenvalue weighted by Gasteiger charge is 2.09. The van der Waals surface area contributed by atoms with Gasteiger partial charge in [-0.05, 0) is 37.1 Å². The van der Waals surface area contributed by atoms with Gasteiger partial charge in [0.1, 0.15) is 17.5 Å². The fourth-order valence-corrected chi connectivity index (χ4v) is 3.13. The summed E-state index contributed by atoms with van der Waals surface area (Å²) in [7, 11) is 0. The number of para-hydroxylation sites is 1. The Morgan fingerprint density at radius 3 is 2.73 bits per heavy atom. The Balaban J connectivity index is 1.51. The van der Waals surface area contributed by atoms with Crippen LogP contribution in [-0.2, 0) is 6.42 Å². The molecule has 0 spiro atoms. The van der Waals surface area contributed by atoms with Gasteiger partial charge < -0.3 is 10.3 Å². The number of halogens is 1. The highest BCUT2D eigenvalue weighted by molar-refractivity contribution is 5.83. The summed E-state index contributed by atoms with van der Waals surface area (Å²) in [6, 6.07) is 16.7. The zero-order valence-electron chi connectivity index (χ0n) is 14.5. The quantitative estimate of drug-likeness (QED) is 0.549. The van der Waals surface area contributed by atoms with Gasteiger partial charge in [0.05, 0.1) is 5.69 Å². The van der Waals surface area contributed by atoms with E-state index in [0.29, 0.717) is 22.9 Å². The molecule has 0 aliphatic heterocycles. The highest BCUT2D eigenvalue weighted by Crippen LogP contribution is 2.23. The molecule has 0 saturated carbocycles. The summed E-state index contributed by atoms with van der Waals surface area (Å²) in [5.41, 5.74) is 3.47. The Bertz CT molecular complexity index is 1050. The molecule has 4 nitrogen and oxygen atoms in total. The van der Waals surface area contributed by atoms with Gasteiger partial charge in [-0.3, -0.25) is 0 Å². The lowest BCUT2D eigenvalue weighted by Gasteiger charge is -2.09. The van der Waals surface area contributed by atoms with E-state index in [4.69, 9.17) is 0 Å². The topological polar surface area (TPSA) is 53.6 Å². The first-order valence-corrected chi connectivity index (χ1v) is 8.60. The van der Waals surface area contributed by atoms with E-state index in [-0.39, 0.29) is 5.82 Å². The van der Waals surface area contributed by atoms with Crippen LogP contribution in [0.25, 0.3) is 22.2 Å². The van der Waals surface area contributed by atoms with Gasteiger partial charge in [0.25, 0.3) is 0 Å². The van der Waals surface area contributed by atoms with Crippen molar-refractivity contribution >= 4 is 16.7 Å². The van der Waals surface area contributed by atoms with Crippen molar-refractivity contribution < 1.29 is 4.39 Å². The van der Waals surface area contributed by atoms with E-state index in [0.717, 1.165) is 18.5 Å². The van der Waals surface area contributed by atoms with Crippen LogP contribution in [0.2, 0.25) is 0 Å². The predicted octanol–water partition coefficient (Wildman–Crippen LogP) is 4.73. The fraction of sp³-hybridized carbons (Fsp3) is 0.143. The number of H-pyrrole nitrogens is 1. The maximum absolute atomic E-state index is 14.0. The maximum Gasteiger partial charge on any atom is 0.132 e. The van der Waals surface area contributed by atoms with Crippen LogP contribution in [0.15, 0.2) is 60.8 Å². The molecule has 0 amide bonds. The minimum absolute atomic E-state index is 0.282. The van der Waals surface area contributed by atoms with Crippen LogP contribution >= 0.6 is 0 Å². The standard InChI is InChI=1S/C21H19FN4/c1-14-25-20(17-7-2-4-8-18(17)22)12-21(26-14)23-11-10-15-13-24-19-9-5-3-6-16(15)19/h2-9,12-13,24H,10-11H2,1H3,(H,23,25,26). The van der Waals surface area contributed by atoms with Crippen LogP contribution in [0.4, 0.5) is 10.2 Å². The predicted molar refractivity (Wildman–Crippen MR) is 103 cm³/mol. The summed E-state index contributed by atoms with van der Waals surface area (Å²) in [6.45, 7) is 2.55. The average molecular weight is 346 g/mol. The third kappa shape index (κ3) is 3.28. The molecule has 2 aromatic carbocycles. The van der Waals surface area contributed by atoms with Gasteiger partial charge in [0, 0.05) is 35.3 Å². The van der Waals surface area contributed by atoms with Gasteiger partial charge in [-0.15, -0.1) is 0 Å². The first kappa shape index (κ1) is 16.3. The first-order valence-electron chi connectivity index (χ1n) is 8.60. The summed E-state index contributed by atoms with van der Waals surface area (Å²) < 4.78 is 14.0. The number of aromatic amines is 1. The molecular formula is C21H19FN4. The molecular weight excluding hydrogens is 327 g/mol. The minimum Gasteiger partial charge on any atom is -0.370 e. The Kier molecular flexibility index (Phi) is 4.35. The second-order valence-electron chi connectivity index (χ2n) is 6.20. The van der Waals surface area contributed by atoms with Crippen LogP contribution in [0.1, 0.15) is 11.4 Å². The van der Waals surface area contributed by atoms with Crippen molar-refractivity contribution in [3.05, 3.63) is 78.0 Å². The molecule has 2 heterocycles. The van der Waals surface area contributed by atoms with Crippen molar-refractivity contribution in [2.24, 2.45) is 0 Å². The summed E-state index contributed by atoms with van der Waals surface area (Å²) in [5.74, 6) is 1.03. The first-order chi connectivity index (χ1) is 12.7. The zero-order chi connectivity index (χ0) is 17.9. The second kappa shape index (κ2) is 6.96. The average Bonchev–Trinajstić information content (AvgIpc) is 3.05. The van der Waals surface area contributed by atoms with Crippen molar-refractivity contribution in [3.8, 4) is 11.3 Å². The Hall–Kier alpha value is -3.21. The Morgan fingerprint density at radius 2 is 1.85 bits per heavy atom. The number of aromatic nitrogens is 3. The number of nitrogens with one attached hydrogen (secondary N) is 2. The van der Waals surface area contributed by atoms with Gasteiger partial charge in [-0.1, -0.05) is 30.3 Å². The number of hydrogen-bond acceptors (Lipinski definition) is 3. The van der Waals surface area contributed by atoms with E-state index in [1.807, 2.05) is 25.3 Å². The van der Waals surface area contributed by atoms with Gasteiger partial charge in [-0.25, -0.2) is 14.4 Å². The molecule has 0 saturated heterocycles. The molecule has 0 radical (unpaired) electrons. The molecule has 0 bridgehead atoms. The minimum atomic E-state index is -0.282. The molecule has 5 heteroatoms. The number of rotatable bonds is 5. The van der Waals surface area contributed by atoms with Crippen LogP contribution in [0.3, 0.4) is 0 Å². The van der Waals surface area contributed by atoms with Crippen molar-refractivity contribution in [2.75, 3.05) is 11.9 Å². The molecule has 2 aromatic heterocycles. The molecule has 0 atom stereocenters. The number of benzene rings is 2. The van der Waals surface area contributed by atoms with Crippen LogP contribution < -0.4 is 5.32 Å². The third-order valence-electron chi connectivity index (χ3n) is 4.36. The van der Waals surface area contributed by atoms with Gasteiger partial charge in [0.2, 0.25) is 0 Å². The monoisotopic (exact) mass is 346 g/mol. The molecule has 4 aromatic rings. The molecule has 0 aliphatic rings. The van der Waals surface area contributed by atoms with Crippen molar-refractivity contribution in [3.63, 3.8) is 0 Å². The number of fused-ring (bicyclic) bond motifs is 1. The summed E-state index contributed by atoms with van der Waals surface area (Å²) in [5, 5.41) is 4.57. The van der Waals surface area contributed by atoms with Crippen LogP contribution in [-0.4, -0.2) is 21.5 Å². The highest BCUT2D eigenvalue weighted by atomic mass is 19.1. The number of nitrogens with zero attached hydrogens (tertiary/aromatic N) is 2. The van der Waals surface area contributed by atoms with Gasteiger partial charge >= 0.3 is 0 Å². The van der Waals surface area contributed by atoms with E-state index < -0.39 is 0 Å². The van der Waals surface area contributed by atoms with E-state index in [1.54, 1.807) is 24.3 Å². The van der Waals surface area contributed by atoms with E-state index >= 15 is 0 Å². The molecule has 0 aliphatic carbocycles. The van der Waals surface area contributed by atoms with Crippen molar-refractivity contribution in [1.82, 2.24) is 15.0 Å². The zero-order valence-corrected chi connectivity index (χ0v) is 14.5. The number of anilines is 1. The van der Waals surface area contributed by atoms with Crippen molar-refractivity contribution in [1.29, 1.82) is 0 Å². The van der Waals surface area contributed by atoms with Gasteiger partial charge in [-0.2, -0.15) is 0 Å². The molecule has 2 N–H and O–H groups in total. The molecule has 0 fully saturated rings. The lowest BCUT2D eigenvalue weighted by Crippen LogP contribution is -2.08. The molecule has 4 rings (SSSR count). The van der Waals surface area contributed by atoms with Crippen LogP contribution in [0.5, 0.6) is 0 Å². The summed E-state index contributed by atoms with van der Waals surface area (Å²) in [6.07, 6.45) is 2.91. The van der Waals surface area contributed by atoms with E-state index in [2.05, 4.69) is 32.4 Å². The van der Waals surface area contributed by atoms with Gasteiger partial charge in [0.15, 0.2) is 0 Å². The second-order valence-corrected chi connectivity index (χ2v) is 6.20. The molecule has 26 heavy (non-hydrogen) atoms. The fourth-order valence-electron chi connectivity index (χ4n) is 3.13. The Morgan fingerprint density at radius 1 is 1.04 bits per heavy atom. The Labute approximate surface area is 151 Å². The maximum atomic E-state index is 14.0. The third-order valence-corrected chi connectivity index (χ3v) is 4.36. The molecule has 130 valence electrons. The number of hydrogen-bond donors (Lipinski definition) is 2.